The average Bonchev–Trinajstić information content (AvgIpc) is 2.87. The summed E-state index contributed by atoms with van der Waals surface area (Å²) < 4.78 is 29.9. The van der Waals surface area contributed by atoms with Gasteiger partial charge in [-0.3, -0.25) is 0 Å². The van der Waals surface area contributed by atoms with Gasteiger partial charge in [0.15, 0.2) is 11.5 Å². The Morgan fingerprint density at radius 2 is 1.30 bits per heavy atom. The van der Waals surface area contributed by atoms with Crippen molar-refractivity contribution in [2.45, 2.75) is 140 Å². The number of rotatable bonds is 6. The van der Waals surface area contributed by atoms with Crippen LogP contribution < -0.4 is 20.1 Å². The fraction of sp³-hybridized carbons (Fsp3) is 0.632. The molecule has 0 saturated carbocycles. The number of hydrogen-bond acceptors (Lipinski definition) is 6. The lowest BCUT2D eigenvalue weighted by atomic mass is 9.37. The van der Waals surface area contributed by atoms with Gasteiger partial charge in [-0.05, 0) is 112 Å². The zero-order valence-corrected chi connectivity index (χ0v) is 32.8. The zero-order chi connectivity index (χ0) is 35.2. The van der Waals surface area contributed by atoms with Gasteiger partial charge in [-0.15, -0.1) is 0 Å². The number of anilines is 2. The van der Waals surface area contributed by atoms with Crippen LogP contribution in [0.5, 0.6) is 11.5 Å². The molecule has 8 heteroatoms. The number of aryl methyl sites for hydroxylation is 3. The SMILES string of the molecule is Cc1nc(Nc2ccc(Br)cc2F)c2c(C)c(OC(C)(C)C)c(OC(C)(C)C3(C)C(C)(C)C(C)(C)NC(C)(C)C3(C)C)c(C)c2n1. The van der Waals surface area contributed by atoms with Gasteiger partial charge in [0.05, 0.1) is 16.6 Å². The van der Waals surface area contributed by atoms with Gasteiger partial charge in [0.1, 0.15) is 28.7 Å². The number of ether oxygens (including phenoxy) is 2. The number of fused-ring (bicyclic) bond motifs is 1. The first-order chi connectivity index (χ1) is 20.6. The average molecular weight is 700 g/mol. The summed E-state index contributed by atoms with van der Waals surface area (Å²) in [7, 11) is 0. The van der Waals surface area contributed by atoms with Crippen LogP contribution in [0.2, 0.25) is 0 Å². The molecular formula is C38H56BrFN4O2. The summed E-state index contributed by atoms with van der Waals surface area (Å²) in [6.07, 6.45) is 0. The van der Waals surface area contributed by atoms with Gasteiger partial charge in [0.2, 0.25) is 0 Å². The van der Waals surface area contributed by atoms with Crippen LogP contribution in [0.4, 0.5) is 15.9 Å². The highest BCUT2D eigenvalue weighted by atomic mass is 79.9. The summed E-state index contributed by atoms with van der Waals surface area (Å²) >= 11 is 3.35. The van der Waals surface area contributed by atoms with Crippen LogP contribution in [-0.2, 0) is 0 Å². The molecule has 0 bridgehead atoms. The quantitative estimate of drug-likeness (QED) is 0.267. The summed E-state index contributed by atoms with van der Waals surface area (Å²) in [4.78, 5) is 9.69. The molecule has 0 atom stereocenters. The highest BCUT2D eigenvalue weighted by Crippen LogP contribution is 2.68. The second kappa shape index (κ2) is 11.0. The van der Waals surface area contributed by atoms with E-state index in [9.17, 15) is 0 Å². The van der Waals surface area contributed by atoms with Crippen molar-refractivity contribution in [2.75, 3.05) is 5.32 Å². The van der Waals surface area contributed by atoms with Gasteiger partial charge in [0.25, 0.3) is 0 Å². The van der Waals surface area contributed by atoms with Crippen molar-refractivity contribution in [3.63, 3.8) is 0 Å². The molecule has 4 rings (SSSR count). The third-order valence-corrected chi connectivity index (χ3v) is 12.5. The normalized spacial score (nSPS) is 20.0. The molecule has 2 aromatic carbocycles. The van der Waals surface area contributed by atoms with E-state index in [4.69, 9.17) is 19.4 Å². The number of nitrogens with one attached hydrogen (secondary N) is 2. The Kier molecular flexibility index (Phi) is 8.74. The van der Waals surface area contributed by atoms with Crippen LogP contribution in [0, 0.1) is 42.8 Å². The second-order valence-electron chi connectivity index (χ2n) is 17.1. The van der Waals surface area contributed by atoms with Crippen molar-refractivity contribution in [1.29, 1.82) is 0 Å². The molecule has 46 heavy (non-hydrogen) atoms. The largest absolute Gasteiger partial charge is 0.484 e. The molecule has 1 aliphatic rings. The third kappa shape index (κ3) is 5.49. The minimum absolute atomic E-state index is 0.201. The first-order valence-electron chi connectivity index (χ1n) is 16.3. The van der Waals surface area contributed by atoms with Crippen LogP contribution in [-0.4, -0.2) is 32.2 Å². The van der Waals surface area contributed by atoms with E-state index in [1.54, 1.807) is 12.1 Å². The smallest absolute Gasteiger partial charge is 0.167 e. The molecule has 0 unspecified atom stereocenters. The molecule has 1 aliphatic heterocycles. The van der Waals surface area contributed by atoms with Gasteiger partial charge in [-0.25, -0.2) is 14.4 Å². The Morgan fingerprint density at radius 1 is 0.783 bits per heavy atom. The summed E-state index contributed by atoms with van der Waals surface area (Å²) in [5.41, 5.74) is 0.372. The van der Waals surface area contributed by atoms with E-state index < -0.39 is 11.2 Å². The van der Waals surface area contributed by atoms with Gasteiger partial charge in [-0.2, -0.15) is 0 Å². The lowest BCUT2D eigenvalue weighted by Gasteiger charge is -2.74. The molecule has 1 fully saturated rings. The van der Waals surface area contributed by atoms with Crippen molar-refractivity contribution in [2.24, 2.45) is 16.2 Å². The maximum Gasteiger partial charge on any atom is 0.167 e. The predicted octanol–water partition coefficient (Wildman–Crippen LogP) is 10.8. The van der Waals surface area contributed by atoms with Crippen molar-refractivity contribution in [3.05, 3.63) is 45.4 Å². The van der Waals surface area contributed by atoms with E-state index in [0.717, 1.165) is 22.0 Å². The summed E-state index contributed by atoms with van der Waals surface area (Å²) in [5, 5.41) is 8.02. The molecule has 2 heterocycles. The number of benzene rings is 2. The molecule has 0 spiro atoms. The van der Waals surface area contributed by atoms with E-state index in [0.29, 0.717) is 33.3 Å². The predicted molar refractivity (Wildman–Crippen MR) is 193 cm³/mol. The minimum atomic E-state index is -0.679. The molecule has 2 N–H and O–H groups in total. The van der Waals surface area contributed by atoms with Gasteiger partial charge < -0.3 is 20.1 Å². The first kappa shape index (κ1) is 36.4. The van der Waals surface area contributed by atoms with E-state index >= 15 is 4.39 Å². The van der Waals surface area contributed by atoms with E-state index in [1.807, 2.05) is 41.5 Å². The first-order valence-corrected chi connectivity index (χ1v) is 17.1. The molecule has 1 saturated heterocycles. The van der Waals surface area contributed by atoms with Gasteiger partial charge in [-0.1, -0.05) is 50.5 Å². The number of piperidine rings is 1. The minimum Gasteiger partial charge on any atom is -0.484 e. The van der Waals surface area contributed by atoms with Gasteiger partial charge in [0, 0.05) is 32.1 Å². The lowest BCUT2D eigenvalue weighted by molar-refractivity contribution is -0.246. The Morgan fingerprint density at radius 3 is 1.80 bits per heavy atom. The summed E-state index contributed by atoms with van der Waals surface area (Å²) in [6.45, 7) is 37.5. The van der Waals surface area contributed by atoms with Crippen LogP contribution >= 0.6 is 15.9 Å². The van der Waals surface area contributed by atoms with E-state index in [-0.39, 0.29) is 33.1 Å². The molecule has 0 radical (unpaired) electrons. The van der Waals surface area contributed by atoms with Crippen molar-refractivity contribution in [3.8, 4) is 11.5 Å². The molecule has 6 nitrogen and oxygen atoms in total. The number of nitrogens with zero attached hydrogens (tertiary/aromatic N) is 2. The second-order valence-corrected chi connectivity index (χ2v) is 18.0. The van der Waals surface area contributed by atoms with Crippen molar-refractivity contribution < 1.29 is 13.9 Å². The van der Waals surface area contributed by atoms with Gasteiger partial charge >= 0.3 is 0 Å². The highest BCUT2D eigenvalue weighted by molar-refractivity contribution is 9.10. The number of halogens is 2. The standard InChI is InChI=1S/C38H56BrFN4O2/c1-21-27-28(41-23(3)42-31(27)43-26-19-18-24(39)20-25(26)40)22(2)30(29(21)45-32(4,5)6)46-37(15,16)38(17)33(7,8)35(11,12)44-36(13,14)34(38,9)10/h18-20,44H,1-17H3,(H,41,42,43). The molecule has 1 aromatic heterocycles. The lowest BCUT2D eigenvalue weighted by Crippen LogP contribution is -2.81. The Labute approximate surface area is 285 Å². The maximum atomic E-state index is 15.0. The zero-order valence-electron chi connectivity index (χ0n) is 31.2. The molecule has 3 aromatic rings. The fourth-order valence-corrected chi connectivity index (χ4v) is 8.44. The van der Waals surface area contributed by atoms with E-state index in [2.05, 4.69) is 103 Å². The highest BCUT2D eigenvalue weighted by Gasteiger charge is 2.72. The Balaban J connectivity index is 2.03. The number of hydrogen-bond donors (Lipinski definition) is 2. The number of aromatic nitrogens is 2. The molecule has 0 amide bonds. The Hall–Kier alpha value is -2.45. The molecule has 254 valence electrons. The monoisotopic (exact) mass is 698 g/mol. The topological polar surface area (TPSA) is 68.3 Å². The maximum absolute atomic E-state index is 15.0. The summed E-state index contributed by atoms with van der Waals surface area (Å²) in [5.74, 6) is 2.02. The fourth-order valence-electron chi connectivity index (χ4n) is 8.11. The van der Waals surface area contributed by atoms with Crippen molar-refractivity contribution in [1.82, 2.24) is 15.3 Å². The molecule has 0 aliphatic carbocycles. The van der Waals surface area contributed by atoms with E-state index in [1.165, 1.54) is 6.07 Å². The van der Waals surface area contributed by atoms with Crippen LogP contribution in [0.1, 0.15) is 114 Å². The van der Waals surface area contributed by atoms with Crippen molar-refractivity contribution >= 4 is 38.3 Å². The van der Waals surface area contributed by atoms with Crippen LogP contribution in [0.25, 0.3) is 10.9 Å². The summed E-state index contributed by atoms with van der Waals surface area (Å²) in [6, 6.07) is 4.93. The Bertz CT molecular complexity index is 1660. The third-order valence-electron chi connectivity index (χ3n) is 12.0. The van der Waals surface area contributed by atoms with Crippen LogP contribution in [0.15, 0.2) is 22.7 Å². The molecular weight excluding hydrogens is 643 g/mol. The van der Waals surface area contributed by atoms with Crippen LogP contribution in [0.3, 0.4) is 0 Å².